The van der Waals surface area contributed by atoms with Crippen molar-refractivity contribution in [2.45, 2.75) is 84.2 Å². The summed E-state index contributed by atoms with van der Waals surface area (Å²) >= 11 is 0. The Balaban J connectivity index is 3.22. The van der Waals surface area contributed by atoms with E-state index in [1.807, 2.05) is 0 Å². The van der Waals surface area contributed by atoms with Crippen LogP contribution in [0.3, 0.4) is 0 Å². The Labute approximate surface area is 95.0 Å². The van der Waals surface area contributed by atoms with Gasteiger partial charge in [-0.2, -0.15) is 0 Å². The third-order valence-electron chi connectivity index (χ3n) is 2.91. The van der Waals surface area contributed by atoms with E-state index in [2.05, 4.69) is 18.7 Å². The average Bonchev–Trinajstić information content (AvgIpc) is 2.27. The highest BCUT2D eigenvalue weighted by Crippen LogP contribution is 2.13. The van der Waals surface area contributed by atoms with Crippen LogP contribution in [-0.4, -0.2) is 11.4 Å². The summed E-state index contributed by atoms with van der Waals surface area (Å²) in [6, 6.07) is 0. The van der Waals surface area contributed by atoms with Crippen LogP contribution in [0, 0.1) is 0 Å². The quantitative estimate of drug-likeness (QED) is 0.306. The molecule has 0 amide bonds. The molecule has 0 aromatic rings. The van der Waals surface area contributed by atoms with E-state index in [4.69, 9.17) is 5.26 Å². The van der Waals surface area contributed by atoms with Crippen molar-refractivity contribution < 1.29 is 10.1 Å². The van der Waals surface area contributed by atoms with Crippen molar-refractivity contribution in [1.82, 2.24) is 0 Å². The third kappa shape index (κ3) is 10.2. The van der Waals surface area contributed by atoms with E-state index >= 15 is 0 Å². The lowest BCUT2D eigenvalue weighted by Crippen LogP contribution is -2.10. The van der Waals surface area contributed by atoms with Crippen LogP contribution in [0.4, 0.5) is 0 Å². The highest BCUT2D eigenvalue weighted by atomic mass is 17.1. The van der Waals surface area contributed by atoms with E-state index in [-0.39, 0.29) is 6.10 Å². The van der Waals surface area contributed by atoms with E-state index < -0.39 is 0 Å². The van der Waals surface area contributed by atoms with Gasteiger partial charge in [0.25, 0.3) is 0 Å². The summed E-state index contributed by atoms with van der Waals surface area (Å²) in [4.78, 5) is 4.48. The SMILES string of the molecule is CCCCCCCCC(CCCC)OO. The van der Waals surface area contributed by atoms with Crippen molar-refractivity contribution in [2.75, 3.05) is 0 Å². The molecule has 2 nitrogen and oxygen atoms in total. The zero-order chi connectivity index (χ0) is 11.4. The van der Waals surface area contributed by atoms with Gasteiger partial charge in [-0.1, -0.05) is 65.2 Å². The van der Waals surface area contributed by atoms with E-state index in [0.717, 1.165) is 19.3 Å². The topological polar surface area (TPSA) is 29.5 Å². The first-order valence-corrected chi connectivity index (χ1v) is 6.65. The molecule has 1 atom stereocenters. The smallest absolute Gasteiger partial charge is 0.0927 e. The fraction of sp³-hybridized carbons (Fsp3) is 1.00. The van der Waals surface area contributed by atoms with Gasteiger partial charge >= 0.3 is 0 Å². The third-order valence-corrected chi connectivity index (χ3v) is 2.91. The first-order chi connectivity index (χ1) is 7.35. The van der Waals surface area contributed by atoms with E-state index in [0.29, 0.717) is 0 Å². The molecule has 0 fully saturated rings. The molecular weight excluding hydrogens is 188 g/mol. The predicted octanol–water partition coefficient (Wildman–Crippen LogP) is 4.79. The first-order valence-electron chi connectivity index (χ1n) is 6.65. The van der Waals surface area contributed by atoms with E-state index in [9.17, 15) is 0 Å². The molecule has 1 unspecified atom stereocenters. The minimum atomic E-state index is 0.0797. The molecule has 0 aliphatic heterocycles. The van der Waals surface area contributed by atoms with Crippen LogP contribution in [0.2, 0.25) is 0 Å². The summed E-state index contributed by atoms with van der Waals surface area (Å²) < 4.78 is 0. The summed E-state index contributed by atoms with van der Waals surface area (Å²) in [7, 11) is 0. The minimum absolute atomic E-state index is 0.0797. The molecule has 0 saturated heterocycles. The Morgan fingerprint density at radius 1 is 0.800 bits per heavy atom. The summed E-state index contributed by atoms with van der Waals surface area (Å²) in [5, 5.41) is 8.69. The molecule has 0 aromatic carbocycles. The lowest BCUT2D eigenvalue weighted by Gasteiger charge is -2.12. The Bertz CT molecular complexity index is 115. The fourth-order valence-electron chi connectivity index (χ4n) is 1.83. The second kappa shape index (κ2) is 12.0. The molecule has 0 heterocycles. The van der Waals surface area contributed by atoms with Crippen LogP contribution in [0.15, 0.2) is 0 Å². The molecule has 0 aliphatic rings. The molecule has 0 aliphatic carbocycles. The molecule has 0 bridgehead atoms. The van der Waals surface area contributed by atoms with Crippen LogP contribution in [-0.2, 0) is 4.89 Å². The Morgan fingerprint density at radius 3 is 1.93 bits per heavy atom. The van der Waals surface area contributed by atoms with Gasteiger partial charge in [-0.05, 0) is 12.8 Å². The van der Waals surface area contributed by atoms with Gasteiger partial charge in [0.05, 0.1) is 6.10 Å². The molecule has 0 rings (SSSR count). The van der Waals surface area contributed by atoms with Crippen LogP contribution >= 0.6 is 0 Å². The highest BCUT2D eigenvalue weighted by Gasteiger charge is 2.07. The standard InChI is InChI=1S/C13H28O2/c1-3-5-7-8-9-10-12-13(15-14)11-6-4-2/h13-14H,3-12H2,1-2H3. The van der Waals surface area contributed by atoms with E-state index in [1.54, 1.807) is 0 Å². The van der Waals surface area contributed by atoms with Crippen LogP contribution < -0.4 is 0 Å². The molecule has 0 radical (unpaired) electrons. The highest BCUT2D eigenvalue weighted by molar-refractivity contribution is 4.57. The molecule has 92 valence electrons. The van der Waals surface area contributed by atoms with Gasteiger partial charge < -0.3 is 0 Å². The minimum Gasteiger partial charge on any atom is -0.252 e. The van der Waals surface area contributed by atoms with E-state index in [1.165, 1.54) is 44.9 Å². The number of rotatable bonds is 11. The zero-order valence-corrected chi connectivity index (χ0v) is 10.5. The number of hydrogen-bond acceptors (Lipinski definition) is 2. The van der Waals surface area contributed by atoms with Crippen LogP contribution in [0.25, 0.3) is 0 Å². The van der Waals surface area contributed by atoms with Crippen molar-refractivity contribution in [1.29, 1.82) is 0 Å². The zero-order valence-electron chi connectivity index (χ0n) is 10.5. The lowest BCUT2D eigenvalue weighted by molar-refractivity contribution is -0.281. The van der Waals surface area contributed by atoms with Crippen molar-refractivity contribution in [2.24, 2.45) is 0 Å². The maximum absolute atomic E-state index is 8.69. The van der Waals surface area contributed by atoms with Crippen LogP contribution in [0.5, 0.6) is 0 Å². The Hall–Kier alpha value is -0.0800. The molecule has 15 heavy (non-hydrogen) atoms. The fourth-order valence-corrected chi connectivity index (χ4v) is 1.83. The summed E-state index contributed by atoms with van der Waals surface area (Å²) in [6.07, 6.45) is 12.3. The Kier molecular flexibility index (Phi) is 11.9. The summed E-state index contributed by atoms with van der Waals surface area (Å²) in [5.41, 5.74) is 0. The van der Waals surface area contributed by atoms with Crippen molar-refractivity contribution in [3.05, 3.63) is 0 Å². The maximum Gasteiger partial charge on any atom is 0.0927 e. The van der Waals surface area contributed by atoms with Gasteiger partial charge in [0.1, 0.15) is 0 Å². The van der Waals surface area contributed by atoms with Gasteiger partial charge in [0.2, 0.25) is 0 Å². The van der Waals surface area contributed by atoms with Crippen molar-refractivity contribution in [3.63, 3.8) is 0 Å². The Morgan fingerprint density at radius 2 is 1.33 bits per heavy atom. The predicted molar refractivity (Wildman–Crippen MR) is 65.0 cm³/mol. The van der Waals surface area contributed by atoms with Gasteiger partial charge in [0, 0.05) is 0 Å². The second-order valence-electron chi connectivity index (χ2n) is 4.43. The number of hydrogen-bond donors (Lipinski definition) is 1. The van der Waals surface area contributed by atoms with Gasteiger partial charge in [-0.25, -0.2) is 4.89 Å². The van der Waals surface area contributed by atoms with Gasteiger partial charge in [-0.3, -0.25) is 5.26 Å². The largest absolute Gasteiger partial charge is 0.252 e. The van der Waals surface area contributed by atoms with Crippen molar-refractivity contribution in [3.8, 4) is 0 Å². The average molecular weight is 216 g/mol. The molecule has 1 N–H and O–H groups in total. The molecule has 0 spiro atoms. The molecule has 0 aromatic heterocycles. The summed E-state index contributed by atoms with van der Waals surface area (Å²) in [6.45, 7) is 4.40. The molecule has 0 saturated carbocycles. The second-order valence-corrected chi connectivity index (χ2v) is 4.43. The van der Waals surface area contributed by atoms with Crippen LogP contribution in [0.1, 0.15) is 78.1 Å². The number of unbranched alkanes of at least 4 members (excludes halogenated alkanes) is 6. The lowest BCUT2D eigenvalue weighted by atomic mass is 10.0. The molecular formula is C13H28O2. The van der Waals surface area contributed by atoms with Gasteiger partial charge in [0.15, 0.2) is 0 Å². The first kappa shape index (κ1) is 14.9. The van der Waals surface area contributed by atoms with Gasteiger partial charge in [-0.15, -0.1) is 0 Å². The normalized spacial score (nSPS) is 13.0. The summed E-state index contributed by atoms with van der Waals surface area (Å²) in [5.74, 6) is 0. The molecule has 2 heteroatoms. The monoisotopic (exact) mass is 216 g/mol. The maximum atomic E-state index is 8.69. The van der Waals surface area contributed by atoms with Crippen molar-refractivity contribution >= 4 is 0 Å².